The Morgan fingerprint density at radius 3 is 2.76 bits per heavy atom. The van der Waals surface area contributed by atoms with Gasteiger partial charge in [-0.2, -0.15) is 0 Å². The molecule has 110 valence electrons. The molecule has 1 amide bonds. The number of hydrogen-bond donors (Lipinski definition) is 1. The standard InChI is InChI=1S/C14H11BrF2N2O2/c1-21-14-12(17)4-8(7-19-14)6-18-13(20)10-5-9(15)2-3-11(10)16/h2-5,7H,6H2,1H3,(H,18,20). The number of halogens is 3. The molecule has 1 N–H and O–H groups in total. The maximum Gasteiger partial charge on any atom is 0.254 e. The molecule has 2 rings (SSSR count). The van der Waals surface area contributed by atoms with E-state index in [1.807, 2.05) is 0 Å². The molecule has 21 heavy (non-hydrogen) atoms. The third-order valence-electron chi connectivity index (χ3n) is 2.68. The first-order valence-electron chi connectivity index (χ1n) is 5.93. The summed E-state index contributed by atoms with van der Waals surface area (Å²) in [4.78, 5) is 15.6. The molecule has 7 heteroatoms. The maximum absolute atomic E-state index is 13.5. The van der Waals surface area contributed by atoms with Gasteiger partial charge in [-0.05, 0) is 29.8 Å². The highest BCUT2D eigenvalue weighted by Gasteiger charge is 2.12. The van der Waals surface area contributed by atoms with Gasteiger partial charge in [-0.15, -0.1) is 0 Å². The summed E-state index contributed by atoms with van der Waals surface area (Å²) in [6.45, 7) is 0.0265. The zero-order valence-electron chi connectivity index (χ0n) is 11.0. The largest absolute Gasteiger partial charge is 0.479 e. The SMILES string of the molecule is COc1ncc(CNC(=O)c2cc(Br)ccc2F)cc1F. The number of aromatic nitrogens is 1. The lowest BCUT2D eigenvalue weighted by Gasteiger charge is -2.07. The van der Waals surface area contributed by atoms with Gasteiger partial charge in [-0.25, -0.2) is 13.8 Å². The number of rotatable bonds is 4. The van der Waals surface area contributed by atoms with E-state index in [4.69, 9.17) is 4.74 Å². The van der Waals surface area contributed by atoms with Gasteiger partial charge in [0, 0.05) is 17.2 Å². The fourth-order valence-corrected chi connectivity index (χ4v) is 2.02. The summed E-state index contributed by atoms with van der Waals surface area (Å²) in [7, 11) is 1.31. The molecule has 0 saturated carbocycles. The van der Waals surface area contributed by atoms with E-state index >= 15 is 0 Å². The van der Waals surface area contributed by atoms with Crippen molar-refractivity contribution in [3.63, 3.8) is 0 Å². The molecule has 0 fully saturated rings. The van der Waals surface area contributed by atoms with Crippen LogP contribution in [-0.2, 0) is 6.54 Å². The van der Waals surface area contributed by atoms with Crippen LogP contribution in [-0.4, -0.2) is 18.0 Å². The average molecular weight is 357 g/mol. The summed E-state index contributed by atoms with van der Waals surface area (Å²) in [5.41, 5.74) is 0.350. The number of hydrogen-bond acceptors (Lipinski definition) is 3. The van der Waals surface area contributed by atoms with E-state index in [0.717, 1.165) is 0 Å². The molecule has 0 atom stereocenters. The highest BCUT2D eigenvalue weighted by atomic mass is 79.9. The van der Waals surface area contributed by atoms with Gasteiger partial charge in [0.25, 0.3) is 5.91 Å². The molecule has 1 heterocycles. The topological polar surface area (TPSA) is 51.2 Å². The molecule has 0 saturated heterocycles. The van der Waals surface area contributed by atoms with Crippen molar-refractivity contribution >= 4 is 21.8 Å². The molecule has 1 aromatic heterocycles. The van der Waals surface area contributed by atoms with Crippen LogP contribution in [0.25, 0.3) is 0 Å². The van der Waals surface area contributed by atoms with Gasteiger partial charge >= 0.3 is 0 Å². The minimum Gasteiger partial charge on any atom is -0.479 e. The summed E-state index contributed by atoms with van der Waals surface area (Å²) in [5.74, 6) is -1.97. The highest BCUT2D eigenvalue weighted by molar-refractivity contribution is 9.10. The Labute approximate surface area is 128 Å². The second-order valence-electron chi connectivity index (χ2n) is 4.14. The second kappa shape index (κ2) is 6.62. The molecular weight excluding hydrogens is 346 g/mol. The monoisotopic (exact) mass is 356 g/mol. The third-order valence-corrected chi connectivity index (χ3v) is 3.18. The number of methoxy groups -OCH3 is 1. The van der Waals surface area contributed by atoms with Crippen molar-refractivity contribution in [2.24, 2.45) is 0 Å². The van der Waals surface area contributed by atoms with Crippen LogP contribution in [0.3, 0.4) is 0 Å². The quantitative estimate of drug-likeness (QED) is 0.915. The van der Waals surface area contributed by atoms with Gasteiger partial charge < -0.3 is 10.1 Å². The van der Waals surface area contributed by atoms with E-state index in [1.54, 1.807) is 0 Å². The van der Waals surface area contributed by atoms with Crippen LogP contribution >= 0.6 is 15.9 Å². The van der Waals surface area contributed by atoms with Crippen LogP contribution in [0.4, 0.5) is 8.78 Å². The molecule has 4 nitrogen and oxygen atoms in total. The van der Waals surface area contributed by atoms with E-state index in [0.29, 0.717) is 10.0 Å². The number of carbonyl (C=O) groups excluding carboxylic acids is 1. The number of nitrogens with one attached hydrogen (secondary N) is 1. The predicted octanol–water partition coefficient (Wildman–Crippen LogP) is 3.06. The molecular formula is C14H11BrF2N2O2. The van der Waals surface area contributed by atoms with E-state index < -0.39 is 17.5 Å². The highest BCUT2D eigenvalue weighted by Crippen LogP contribution is 2.16. The van der Waals surface area contributed by atoms with Gasteiger partial charge in [-0.3, -0.25) is 4.79 Å². The van der Waals surface area contributed by atoms with E-state index in [9.17, 15) is 13.6 Å². The summed E-state index contributed by atoms with van der Waals surface area (Å²) in [6.07, 6.45) is 1.37. The Bertz CT molecular complexity index is 680. The molecule has 1 aromatic carbocycles. The molecule has 0 bridgehead atoms. The lowest BCUT2D eigenvalue weighted by Crippen LogP contribution is -2.24. The molecule has 0 spiro atoms. The van der Waals surface area contributed by atoms with Crippen molar-refractivity contribution in [2.45, 2.75) is 6.54 Å². The van der Waals surface area contributed by atoms with Gasteiger partial charge in [0.1, 0.15) is 5.82 Å². The van der Waals surface area contributed by atoms with Gasteiger partial charge in [-0.1, -0.05) is 15.9 Å². The first-order valence-corrected chi connectivity index (χ1v) is 6.72. The average Bonchev–Trinajstić information content (AvgIpc) is 2.47. The van der Waals surface area contributed by atoms with Crippen molar-refractivity contribution in [2.75, 3.05) is 7.11 Å². The smallest absolute Gasteiger partial charge is 0.254 e. The number of benzene rings is 1. The van der Waals surface area contributed by atoms with E-state index in [-0.39, 0.29) is 18.0 Å². The van der Waals surface area contributed by atoms with Crippen molar-refractivity contribution in [3.05, 3.63) is 57.7 Å². The number of pyridine rings is 1. The third kappa shape index (κ3) is 3.75. The molecule has 0 aliphatic heterocycles. The Morgan fingerprint density at radius 1 is 1.33 bits per heavy atom. The summed E-state index contributed by atoms with van der Waals surface area (Å²) in [6, 6.07) is 5.25. The van der Waals surface area contributed by atoms with Crippen molar-refractivity contribution in [3.8, 4) is 5.88 Å². The minimum absolute atomic E-state index is 0.0265. The van der Waals surface area contributed by atoms with Gasteiger partial charge in [0.05, 0.1) is 12.7 Å². The van der Waals surface area contributed by atoms with Crippen LogP contribution in [0.15, 0.2) is 34.9 Å². The lowest BCUT2D eigenvalue weighted by atomic mass is 10.2. The van der Waals surface area contributed by atoms with E-state index in [1.165, 1.54) is 37.6 Å². The van der Waals surface area contributed by atoms with Gasteiger partial charge in [0.15, 0.2) is 5.82 Å². The Hall–Kier alpha value is -2.02. The normalized spacial score (nSPS) is 10.3. The Morgan fingerprint density at radius 2 is 2.10 bits per heavy atom. The zero-order valence-corrected chi connectivity index (χ0v) is 12.6. The maximum atomic E-state index is 13.5. The second-order valence-corrected chi connectivity index (χ2v) is 5.06. The van der Waals surface area contributed by atoms with Gasteiger partial charge in [0.2, 0.25) is 5.88 Å². The number of nitrogens with zero attached hydrogens (tertiary/aromatic N) is 1. The van der Waals surface area contributed by atoms with Crippen LogP contribution in [0.1, 0.15) is 15.9 Å². The Balaban J connectivity index is 2.07. The summed E-state index contributed by atoms with van der Waals surface area (Å²) in [5, 5.41) is 2.50. The lowest BCUT2D eigenvalue weighted by molar-refractivity contribution is 0.0946. The number of carbonyl (C=O) groups is 1. The molecule has 0 aliphatic rings. The summed E-state index contributed by atoms with van der Waals surface area (Å²) >= 11 is 3.17. The fraction of sp³-hybridized carbons (Fsp3) is 0.143. The van der Waals surface area contributed by atoms with Crippen LogP contribution in [0.5, 0.6) is 5.88 Å². The summed E-state index contributed by atoms with van der Waals surface area (Å²) < 4.78 is 32.3. The van der Waals surface area contributed by atoms with Crippen molar-refractivity contribution in [1.29, 1.82) is 0 Å². The van der Waals surface area contributed by atoms with Crippen LogP contribution < -0.4 is 10.1 Å². The van der Waals surface area contributed by atoms with E-state index in [2.05, 4.69) is 26.2 Å². The van der Waals surface area contributed by atoms with Crippen LogP contribution in [0, 0.1) is 11.6 Å². The van der Waals surface area contributed by atoms with Crippen LogP contribution in [0.2, 0.25) is 0 Å². The molecule has 2 aromatic rings. The fourth-order valence-electron chi connectivity index (χ4n) is 1.66. The molecule has 0 aliphatic carbocycles. The minimum atomic E-state index is -0.630. The van der Waals surface area contributed by atoms with Crippen molar-refractivity contribution in [1.82, 2.24) is 10.3 Å². The Kier molecular flexibility index (Phi) is 4.85. The first kappa shape index (κ1) is 15.4. The molecule has 0 radical (unpaired) electrons. The zero-order chi connectivity index (χ0) is 15.4. The first-order chi connectivity index (χ1) is 10.0. The number of amides is 1. The van der Waals surface area contributed by atoms with Crippen molar-refractivity contribution < 1.29 is 18.3 Å². The molecule has 0 unspecified atom stereocenters. The number of ether oxygens (including phenoxy) is 1. The predicted molar refractivity (Wildman–Crippen MR) is 76.0 cm³/mol.